The first-order chi connectivity index (χ1) is 9.95. The maximum atomic E-state index is 12.0. The number of benzene rings is 1. The smallest absolute Gasteiger partial charge is 0.326 e. The lowest BCUT2D eigenvalue weighted by atomic mass is 10.1. The summed E-state index contributed by atoms with van der Waals surface area (Å²) < 4.78 is 15.9. The fourth-order valence-corrected chi connectivity index (χ4v) is 1.44. The molecule has 0 aliphatic heterocycles. The average Bonchev–Trinajstić information content (AvgIpc) is 3.01. The van der Waals surface area contributed by atoms with Gasteiger partial charge in [0.2, 0.25) is 0 Å². The number of carboxylic acid groups (broad SMARTS) is 1. The largest absolute Gasteiger partial charge is 0.480 e. The van der Waals surface area contributed by atoms with Gasteiger partial charge in [0.25, 0.3) is 5.91 Å². The van der Waals surface area contributed by atoms with E-state index in [0.717, 1.165) is 0 Å². The van der Waals surface area contributed by atoms with Gasteiger partial charge in [-0.15, -0.1) is 0 Å². The number of amides is 1. The minimum absolute atomic E-state index is 0.126. The number of nitrogens with one attached hydrogen (secondary N) is 2. The average molecular weight is 261 g/mol. The van der Waals surface area contributed by atoms with Crippen LogP contribution in [-0.4, -0.2) is 33.0 Å². The zero-order chi connectivity index (χ0) is 15.5. The number of carboxylic acids is 1. The van der Waals surface area contributed by atoms with Crippen LogP contribution in [0.2, 0.25) is 0 Å². The number of H-pyrrole nitrogens is 1. The summed E-state index contributed by atoms with van der Waals surface area (Å²) in [6.07, 6.45) is 0.974. The second kappa shape index (κ2) is 5.81. The molecule has 0 bridgehead atoms. The number of aromatic amines is 1. The molecule has 0 aliphatic rings. The second-order valence-corrected chi connectivity index (χ2v) is 3.69. The summed E-state index contributed by atoms with van der Waals surface area (Å²) in [5.74, 6) is -2.36. The highest BCUT2D eigenvalue weighted by Crippen LogP contribution is 2.02. The Morgan fingerprint density at radius 1 is 1.47 bits per heavy atom. The molecule has 0 unspecified atom stereocenters. The lowest BCUT2D eigenvalue weighted by Crippen LogP contribution is -2.42. The molecular weight excluding hydrogens is 246 g/mol. The third-order valence-electron chi connectivity index (χ3n) is 2.33. The molecule has 1 aromatic heterocycles. The fourth-order valence-electron chi connectivity index (χ4n) is 1.44. The van der Waals surface area contributed by atoms with Crippen LogP contribution in [0.1, 0.15) is 18.8 Å². The molecular formula is C13H13N3O3. The molecule has 6 nitrogen and oxygen atoms in total. The molecule has 2 rings (SSSR count). The topological polar surface area (TPSA) is 95.1 Å². The molecule has 19 heavy (non-hydrogen) atoms. The van der Waals surface area contributed by atoms with Crippen LogP contribution in [0.5, 0.6) is 0 Å². The first-order valence-electron chi connectivity index (χ1n) is 6.54. The van der Waals surface area contributed by atoms with Crippen molar-refractivity contribution < 1.29 is 17.4 Å². The number of hydrogen-bond donors (Lipinski definition) is 3. The van der Waals surface area contributed by atoms with Crippen molar-refractivity contribution in [2.75, 3.05) is 0 Å². The van der Waals surface area contributed by atoms with E-state index in [1.807, 2.05) is 0 Å². The molecule has 2 aromatic rings. The highest BCUT2D eigenvalue weighted by molar-refractivity contribution is 5.96. The van der Waals surface area contributed by atoms with Gasteiger partial charge < -0.3 is 15.4 Å². The van der Waals surface area contributed by atoms with Gasteiger partial charge in [0.05, 0.1) is 7.70 Å². The molecule has 1 heterocycles. The Morgan fingerprint density at radius 2 is 2.21 bits per heavy atom. The van der Waals surface area contributed by atoms with Crippen molar-refractivity contribution in [3.8, 4) is 0 Å². The Bertz CT molecular complexity index is 633. The zero-order valence-electron chi connectivity index (χ0n) is 11.8. The molecule has 6 heteroatoms. The van der Waals surface area contributed by atoms with Crippen LogP contribution in [0.25, 0.3) is 0 Å². The number of aliphatic carboxylic acids is 1. The number of imidazole rings is 1. The van der Waals surface area contributed by atoms with Crippen molar-refractivity contribution >= 4 is 11.9 Å². The second-order valence-electron chi connectivity index (χ2n) is 3.69. The van der Waals surface area contributed by atoms with Crippen molar-refractivity contribution in [2.24, 2.45) is 0 Å². The monoisotopic (exact) mass is 261 g/mol. The Labute approximate surface area is 112 Å². The predicted molar refractivity (Wildman–Crippen MR) is 67.6 cm³/mol. The predicted octanol–water partition coefficient (Wildman–Crippen LogP) is 0.835. The summed E-state index contributed by atoms with van der Waals surface area (Å²) in [5.41, 5.74) is 0.341. The first kappa shape index (κ1) is 10.3. The highest BCUT2D eigenvalue weighted by Gasteiger charge is 2.21. The van der Waals surface area contributed by atoms with Gasteiger partial charge in [-0.3, -0.25) is 4.79 Å². The van der Waals surface area contributed by atoms with E-state index < -0.39 is 24.3 Å². The van der Waals surface area contributed by atoms with Crippen LogP contribution < -0.4 is 5.32 Å². The lowest BCUT2D eigenvalue weighted by Gasteiger charge is -2.13. The molecule has 3 N–H and O–H groups in total. The van der Waals surface area contributed by atoms with Gasteiger partial charge >= 0.3 is 5.97 Å². The Morgan fingerprint density at radius 3 is 2.79 bits per heavy atom. The van der Waals surface area contributed by atoms with E-state index >= 15 is 0 Å². The maximum Gasteiger partial charge on any atom is 0.326 e. The summed E-state index contributed by atoms with van der Waals surface area (Å²) in [6.45, 7) is 0. The molecule has 1 amide bonds. The van der Waals surface area contributed by atoms with Crippen LogP contribution in [0, 0.1) is 0 Å². The molecule has 0 spiro atoms. The van der Waals surface area contributed by atoms with E-state index in [9.17, 15) is 14.7 Å². The van der Waals surface area contributed by atoms with Crippen LogP contribution in [0.3, 0.4) is 0 Å². The molecule has 0 saturated heterocycles. The molecule has 0 radical (unpaired) electrons. The number of rotatable bonds is 5. The van der Waals surface area contributed by atoms with Crippen LogP contribution >= 0.6 is 0 Å². The van der Waals surface area contributed by atoms with E-state index in [1.165, 1.54) is 24.7 Å². The summed E-state index contributed by atoms with van der Waals surface area (Å²) in [4.78, 5) is 29.7. The van der Waals surface area contributed by atoms with Gasteiger partial charge in [0.15, 0.2) is 0 Å². The van der Waals surface area contributed by atoms with Crippen molar-refractivity contribution in [3.63, 3.8) is 0 Å². The van der Waals surface area contributed by atoms with Gasteiger partial charge in [-0.25, -0.2) is 9.78 Å². The number of carbonyl (C=O) groups excluding carboxylic acids is 1. The Kier molecular flexibility index (Phi) is 3.15. The van der Waals surface area contributed by atoms with Gasteiger partial charge in [-0.05, 0) is 12.1 Å². The number of hydrogen-bond acceptors (Lipinski definition) is 3. The molecule has 0 fully saturated rings. The molecule has 0 aliphatic carbocycles. The van der Waals surface area contributed by atoms with Crippen LogP contribution in [-0.2, 0) is 11.2 Å². The molecule has 2 atom stereocenters. The summed E-state index contributed by atoms with van der Waals surface area (Å²) in [6, 6.07) is 5.40. The number of carbonyl (C=O) groups is 2. The van der Waals surface area contributed by atoms with Crippen LogP contribution in [0.15, 0.2) is 42.9 Å². The minimum Gasteiger partial charge on any atom is -0.480 e. The van der Waals surface area contributed by atoms with Crippen molar-refractivity contribution in [3.05, 3.63) is 54.1 Å². The summed E-state index contributed by atoms with van der Waals surface area (Å²) in [5, 5.41) is 11.3. The third-order valence-corrected chi connectivity index (χ3v) is 2.33. The van der Waals surface area contributed by atoms with E-state index in [-0.39, 0.29) is 11.3 Å². The van der Waals surface area contributed by atoms with E-state index in [4.69, 9.17) is 2.74 Å². The first-order valence-corrected chi connectivity index (χ1v) is 5.46. The molecule has 0 saturated carbocycles. The molecule has 98 valence electrons. The van der Waals surface area contributed by atoms with E-state index in [1.54, 1.807) is 18.2 Å². The molecule has 1 aromatic carbocycles. The lowest BCUT2D eigenvalue weighted by molar-refractivity contribution is -0.139. The zero-order valence-corrected chi connectivity index (χ0v) is 9.83. The van der Waals surface area contributed by atoms with E-state index in [0.29, 0.717) is 0 Å². The van der Waals surface area contributed by atoms with Crippen molar-refractivity contribution in [2.45, 2.75) is 12.4 Å². The van der Waals surface area contributed by atoms with Crippen LogP contribution in [0.4, 0.5) is 0 Å². The standard InChI is InChI=1S/C13H13N3O3/c17-12(9-4-2-1-3-5-9)16-11(13(18)19)6-10-7-14-8-15-10/h1-5,7-8,11H,6H2,(H,14,15)(H,16,17)(H,18,19)/t11-/m0/s1/i6D,11D/t6-,11-. The Hall–Kier alpha value is -2.63. The quantitative estimate of drug-likeness (QED) is 0.743. The van der Waals surface area contributed by atoms with Gasteiger partial charge in [-0.2, -0.15) is 0 Å². The van der Waals surface area contributed by atoms with Crippen molar-refractivity contribution in [1.82, 2.24) is 15.3 Å². The van der Waals surface area contributed by atoms with Crippen molar-refractivity contribution in [1.29, 1.82) is 0 Å². The SMILES string of the molecule is [2H][C@@H](c1cnc[nH]1)[C@]([2H])(NC(=O)c1ccccc1)C(=O)O. The minimum atomic E-state index is -2.53. The van der Waals surface area contributed by atoms with Gasteiger partial charge in [0, 0.05) is 25.2 Å². The maximum absolute atomic E-state index is 12.0. The highest BCUT2D eigenvalue weighted by atomic mass is 16.4. The summed E-state index contributed by atoms with van der Waals surface area (Å²) >= 11 is 0. The number of nitrogens with zero attached hydrogens (tertiary/aromatic N) is 1. The number of aromatic nitrogens is 2. The normalized spacial score (nSPS) is 16.6. The summed E-state index contributed by atoms with van der Waals surface area (Å²) in [7, 11) is 0. The van der Waals surface area contributed by atoms with E-state index in [2.05, 4.69) is 15.3 Å². The third kappa shape index (κ3) is 3.41. The van der Waals surface area contributed by atoms with Gasteiger partial charge in [0.1, 0.15) is 6.02 Å². The fraction of sp³-hybridized carbons (Fsp3) is 0.154. The Balaban J connectivity index is 2.27. The van der Waals surface area contributed by atoms with Gasteiger partial charge in [-0.1, -0.05) is 18.2 Å².